The Morgan fingerprint density at radius 3 is 2.56 bits per heavy atom. The Morgan fingerprint density at radius 1 is 1.28 bits per heavy atom. The van der Waals surface area contributed by atoms with E-state index in [2.05, 4.69) is 0 Å². The van der Waals surface area contributed by atoms with Crippen LogP contribution in [0, 0.1) is 0 Å². The van der Waals surface area contributed by atoms with E-state index < -0.39 is 9.05 Å². The van der Waals surface area contributed by atoms with Crippen molar-refractivity contribution in [3.8, 4) is 11.5 Å². The van der Waals surface area contributed by atoms with Crippen LogP contribution in [0.3, 0.4) is 0 Å². The summed E-state index contributed by atoms with van der Waals surface area (Å²) in [6, 6.07) is 2.67. The van der Waals surface area contributed by atoms with E-state index in [4.69, 9.17) is 20.2 Å². The van der Waals surface area contributed by atoms with Crippen molar-refractivity contribution in [1.29, 1.82) is 0 Å². The van der Waals surface area contributed by atoms with E-state index in [-0.39, 0.29) is 27.7 Å². The molecule has 0 saturated carbocycles. The van der Waals surface area contributed by atoms with Crippen molar-refractivity contribution in [2.45, 2.75) is 18.2 Å². The zero-order valence-electron chi connectivity index (χ0n) is 9.60. The topological polar surface area (TPSA) is 69.7 Å². The van der Waals surface area contributed by atoms with Gasteiger partial charge in [-0.05, 0) is 19.1 Å². The molecule has 0 atom stereocenters. The number of carbonyl (C=O) groups excluding carboxylic acids is 1. The number of hydrogen-bond acceptors (Lipinski definition) is 5. The van der Waals surface area contributed by atoms with E-state index in [1.54, 1.807) is 0 Å². The highest BCUT2D eigenvalue weighted by molar-refractivity contribution is 8.13. The molecule has 0 N–H and O–H groups in total. The van der Waals surface area contributed by atoms with Crippen molar-refractivity contribution in [2.24, 2.45) is 0 Å². The molecule has 0 fully saturated rings. The van der Waals surface area contributed by atoms with Gasteiger partial charge in [0.15, 0.2) is 17.3 Å². The van der Waals surface area contributed by atoms with E-state index in [0.717, 1.165) is 0 Å². The fraction of sp³-hybridized carbons (Fsp3) is 0.364. The van der Waals surface area contributed by atoms with Crippen molar-refractivity contribution in [3.63, 3.8) is 0 Å². The largest absolute Gasteiger partial charge is 0.489 e. The summed E-state index contributed by atoms with van der Waals surface area (Å²) in [5, 5.41) is 0. The molecule has 1 aromatic rings. The van der Waals surface area contributed by atoms with Gasteiger partial charge in [0.05, 0.1) is 13.2 Å². The second kappa shape index (κ2) is 4.78. The fourth-order valence-corrected chi connectivity index (χ4v) is 2.62. The third-order valence-electron chi connectivity index (χ3n) is 2.48. The summed E-state index contributed by atoms with van der Waals surface area (Å²) in [5.41, 5.74) is 0.221. The average Bonchev–Trinajstić information content (AvgIpc) is 2.50. The van der Waals surface area contributed by atoms with Crippen molar-refractivity contribution in [1.82, 2.24) is 0 Å². The molecule has 1 heterocycles. The molecule has 0 radical (unpaired) electrons. The maximum absolute atomic E-state index is 11.5. The molecule has 0 spiro atoms. The summed E-state index contributed by atoms with van der Waals surface area (Å²) in [6.45, 7) is 2.08. The Kier molecular flexibility index (Phi) is 3.49. The van der Waals surface area contributed by atoms with E-state index in [0.29, 0.717) is 19.6 Å². The highest BCUT2D eigenvalue weighted by Crippen LogP contribution is 2.39. The number of fused-ring (bicyclic) bond motifs is 1. The quantitative estimate of drug-likeness (QED) is 0.615. The van der Waals surface area contributed by atoms with E-state index in [1.165, 1.54) is 19.1 Å². The van der Waals surface area contributed by atoms with Gasteiger partial charge in [-0.15, -0.1) is 0 Å². The lowest BCUT2D eigenvalue weighted by atomic mass is 10.1. The summed E-state index contributed by atoms with van der Waals surface area (Å²) in [6.07, 6.45) is 0.631. The Labute approximate surface area is 109 Å². The number of rotatable bonds is 2. The van der Waals surface area contributed by atoms with E-state index in [9.17, 15) is 13.2 Å². The molecule has 0 amide bonds. The first-order chi connectivity index (χ1) is 8.39. The van der Waals surface area contributed by atoms with Crippen molar-refractivity contribution in [2.75, 3.05) is 13.2 Å². The van der Waals surface area contributed by atoms with Gasteiger partial charge in [-0.25, -0.2) is 8.42 Å². The van der Waals surface area contributed by atoms with Gasteiger partial charge in [0.25, 0.3) is 9.05 Å². The van der Waals surface area contributed by atoms with Crippen LogP contribution in [0.5, 0.6) is 11.5 Å². The second-order valence-corrected chi connectivity index (χ2v) is 6.38. The minimum atomic E-state index is -4.00. The Hall–Kier alpha value is -1.27. The molecule has 0 aromatic heterocycles. The van der Waals surface area contributed by atoms with E-state index in [1.807, 2.05) is 0 Å². The third-order valence-corrected chi connectivity index (χ3v) is 3.81. The summed E-state index contributed by atoms with van der Waals surface area (Å²) in [7, 11) is 1.35. The highest BCUT2D eigenvalue weighted by atomic mass is 35.7. The zero-order valence-corrected chi connectivity index (χ0v) is 11.2. The molecular formula is C11H11ClO5S. The summed E-state index contributed by atoms with van der Waals surface area (Å²) in [4.78, 5) is 11.1. The Morgan fingerprint density at radius 2 is 1.94 bits per heavy atom. The van der Waals surface area contributed by atoms with Crippen LogP contribution in [0.25, 0.3) is 0 Å². The molecule has 0 bridgehead atoms. The standard InChI is InChI=1S/C11H11ClO5S/c1-7(13)8-5-9-11(17-4-2-3-16-9)10(6-8)18(12,14)15/h5-6H,2-4H2,1H3. The first-order valence-corrected chi connectivity index (χ1v) is 7.60. The molecule has 7 heteroatoms. The molecule has 1 aliphatic rings. The van der Waals surface area contributed by atoms with Gasteiger partial charge in [-0.3, -0.25) is 4.79 Å². The zero-order chi connectivity index (χ0) is 13.3. The van der Waals surface area contributed by atoms with Crippen LogP contribution in [-0.2, 0) is 9.05 Å². The lowest BCUT2D eigenvalue weighted by molar-refractivity contribution is 0.101. The number of ether oxygens (including phenoxy) is 2. The number of benzene rings is 1. The molecule has 0 saturated heterocycles. The molecule has 0 unspecified atom stereocenters. The van der Waals surface area contributed by atoms with Gasteiger partial charge in [-0.2, -0.15) is 0 Å². The van der Waals surface area contributed by atoms with Crippen LogP contribution in [-0.4, -0.2) is 27.4 Å². The average molecular weight is 291 g/mol. The third kappa shape index (κ3) is 2.59. The first kappa shape index (κ1) is 13.2. The maximum atomic E-state index is 11.5. The Bertz CT molecular complexity index is 594. The van der Waals surface area contributed by atoms with Crippen molar-refractivity contribution < 1.29 is 22.7 Å². The van der Waals surface area contributed by atoms with Crippen LogP contribution >= 0.6 is 10.7 Å². The van der Waals surface area contributed by atoms with Crippen LogP contribution in [0.4, 0.5) is 0 Å². The number of halogens is 1. The van der Waals surface area contributed by atoms with Gasteiger partial charge < -0.3 is 9.47 Å². The minimum absolute atomic E-state index is 0.0764. The van der Waals surface area contributed by atoms with Gasteiger partial charge in [-0.1, -0.05) is 0 Å². The normalized spacial score (nSPS) is 15.0. The predicted molar refractivity (Wildman–Crippen MR) is 65.1 cm³/mol. The first-order valence-electron chi connectivity index (χ1n) is 5.29. The monoisotopic (exact) mass is 290 g/mol. The SMILES string of the molecule is CC(=O)c1cc2c(c(S(=O)(=O)Cl)c1)OCCCO2. The summed E-state index contributed by atoms with van der Waals surface area (Å²) in [5.74, 6) is 0.0409. The lowest BCUT2D eigenvalue weighted by Gasteiger charge is -2.12. The number of ketones is 1. The minimum Gasteiger partial charge on any atom is -0.489 e. The number of carbonyl (C=O) groups is 1. The number of hydrogen-bond donors (Lipinski definition) is 0. The second-order valence-electron chi connectivity index (χ2n) is 3.85. The smallest absolute Gasteiger partial charge is 0.265 e. The lowest BCUT2D eigenvalue weighted by Crippen LogP contribution is -2.03. The van der Waals surface area contributed by atoms with Crippen LogP contribution in [0.15, 0.2) is 17.0 Å². The van der Waals surface area contributed by atoms with Crippen molar-refractivity contribution >= 4 is 25.5 Å². The van der Waals surface area contributed by atoms with Gasteiger partial charge in [0.1, 0.15) is 4.90 Å². The molecular weight excluding hydrogens is 280 g/mol. The molecule has 1 aromatic carbocycles. The fourth-order valence-electron chi connectivity index (χ4n) is 1.63. The van der Waals surface area contributed by atoms with Crippen LogP contribution < -0.4 is 9.47 Å². The molecule has 5 nitrogen and oxygen atoms in total. The van der Waals surface area contributed by atoms with Gasteiger partial charge in [0, 0.05) is 22.7 Å². The van der Waals surface area contributed by atoms with Gasteiger partial charge >= 0.3 is 0 Å². The summed E-state index contributed by atoms with van der Waals surface area (Å²) < 4.78 is 33.7. The molecule has 98 valence electrons. The van der Waals surface area contributed by atoms with Crippen molar-refractivity contribution in [3.05, 3.63) is 17.7 Å². The van der Waals surface area contributed by atoms with Crippen LogP contribution in [0.1, 0.15) is 23.7 Å². The molecule has 18 heavy (non-hydrogen) atoms. The molecule has 1 aliphatic heterocycles. The predicted octanol–water partition coefficient (Wildman–Crippen LogP) is 1.98. The highest BCUT2D eigenvalue weighted by Gasteiger charge is 2.25. The number of Topliss-reactive ketones (excluding diaryl/α,β-unsaturated/α-hetero) is 1. The van der Waals surface area contributed by atoms with Gasteiger partial charge in [0.2, 0.25) is 0 Å². The van der Waals surface area contributed by atoms with Crippen LogP contribution in [0.2, 0.25) is 0 Å². The molecule has 2 rings (SSSR count). The molecule has 0 aliphatic carbocycles. The Balaban J connectivity index is 2.69. The maximum Gasteiger partial charge on any atom is 0.265 e. The summed E-state index contributed by atoms with van der Waals surface area (Å²) >= 11 is 0. The van der Waals surface area contributed by atoms with E-state index >= 15 is 0 Å².